The van der Waals surface area contributed by atoms with Crippen molar-refractivity contribution < 1.29 is 15.0 Å². The van der Waals surface area contributed by atoms with Crippen LogP contribution in [0.2, 0.25) is 0 Å². The van der Waals surface area contributed by atoms with Gasteiger partial charge >= 0.3 is 0 Å². The van der Waals surface area contributed by atoms with Crippen molar-refractivity contribution in [3.8, 4) is 0 Å². The first kappa shape index (κ1) is 19.7. The van der Waals surface area contributed by atoms with E-state index in [9.17, 15) is 15.0 Å². The Labute approximate surface area is 151 Å². The summed E-state index contributed by atoms with van der Waals surface area (Å²) in [6.07, 6.45) is 4.57. The highest BCUT2D eigenvalue weighted by Gasteiger charge is 2.25. The Bertz CT molecular complexity index is 530. The van der Waals surface area contributed by atoms with Crippen molar-refractivity contribution >= 4 is 11.6 Å². The van der Waals surface area contributed by atoms with E-state index < -0.39 is 5.60 Å². The Hall–Kier alpha value is -1.59. The fourth-order valence-electron chi connectivity index (χ4n) is 3.53. The number of piperidine rings is 1. The summed E-state index contributed by atoms with van der Waals surface area (Å²) in [5.74, 6) is -0.147. The van der Waals surface area contributed by atoms with Crippen LogP contribution in [0, 0.1) is 0 Å². The van der Waals surface area contributed by atoms with Crippen LogP contribution in [-0.2, 0) is 0 Å². The number of aliphatic hydroxyl groups excluding tert-OH is 1. The van der Waals surface area contributed by atoms with Gasteiger partial charge in [-0.3, -0.25) is 4.79 Å². The van der Waals surface area contributed by atoms with Crippen molar-refractivity contribution in [1.82, 2.24) is 5.32 Å². The Balaban J connectivity index is 1.91. The predicted octanol–water partition coefficient (Wildman–Crippen LogP) is 2.71. The molecule has 1 aromatic rings. The molecule has 2 rings (SSSR count). The van der Waals surface area contributed by atoms with Gasteiger partial charge < -0.3 is 20.4 Å². The van der Waals surface area contributed by atoms with Gasteiger partial charge in [0.2, 0.25) is 0 Å². The van der Waals surface area contributed by atoms with Gasteiger partial charge in [0.1, 0.15) is 0 Å². The van der Waals surface area contributed by atoms with Crippen LogP contribution in [0.25, 0.3) is 0 Å². The normalized spacial score (nSPS) is 16.1. The van der Waals surface area contributed by atoms with Gasteiger partial charge in [-0.15, -0.1) is 0 Å². The van der Waals surface area contributed by atoms with E-state index in [0.29, 0.717) is 24.9 Å². The summed E-state index contributed by atoms with van der Waals surface area (Å²) in [4.78, 5) is 14.6. The molecule has 0 bridgehead atoms. The van der Waals surface area contributed by atoms with E-state index in [1.807, 2.05) is 38.1 Å². The van der Waals surface area contributed by atoms with Crippen molar-refractivity contribution in [1.29, 1.82) is 0 Å². The minimum absolute atomic E-state index is 0.147. The third-order valence-corrected chi connectivity index (χ3v) is 4.97. The molecule has 0 aromatic heterocycles. The van der Waals surface area contributed by atoms with Gasteiger partial charge in [-0.05, 0) is 49.9 Å². The molecule has 0 radical (unpaired) electrons. The van der Waals surface area contributed by atoms with E-state index in [-0.39, 0.29) is 12.0 Å². The SMILES string of the molecule is CCCC(O)(CCC)CNC(=O)c1ccc(N2CCC(O)CC2)cc1. The zero-order valence-electron chi connectivity index (χ0n) is 15.5. The number of benzene rings is 1. The molecule has 1 fully saturated rings. The van der Waals surface area contributed by atoms with E-state index in [1.54, 1.807) is 0 Å². The Morgan fingerprint density at radius 2 is 1.72 bits per heavy atom. The second-order valence-corrected chi connectivity index (χ2v) is 7.17. The first-order valence-electron chi connectivity index (χ1n) is 9.51. The molecule has 0 atom stereocenters. The number of aliphatic hydroxyl groups is 2. The van der Waals surface area contributed by atoms with E-state index in [2.05, 4.69) is 10.2 Å². The predicted molar refractivity (Wildman–Crippen MR) is 101 cm³/mol. The number of rotatable bonds is 8. The van der Waals surface area contributed by atoms with Crippen LogP contribution in [0.4, 0.5) is 5.69 Å². The number of hydrogen-bond acceptors (Lipinski definition) is 4. The minimum Gasteiger partial charge on any atom is -0.393 e. The molecule has 0 saturated carbocycles. The molecule has 1 aromatic carbocycles. The van der Waals surface area contributed by atoms with E-state index >= 15 is 0 Å². The zero-order chi connectivity index (χ0) is 18.3. The van der Waals surface area contributed by atoms with Gasteiger partial charge in [0.15, 0.2) is 0 Å². The first-order chi connectivity index (χ1) is 12.0. The molecule has 140 valence electrons. The topological polar surface area (TPSA) is 72.8 Å². The van der Waals surface area contributed by atoms with Gasteiger partial charge in [0.25, 0.3) is 5.91 Å². The number of nitrogens with zero attached hydrogens (tertiary/aromatic N) is 1. The van der Waals surface area contributed by atoms with Crippen molar-refractivity contribution in [3.05, 3.63) is 29.8 Å². The van der Waals surface area contributed by atoms with Gasteiger partial charge in [-0.25, -0.2) is 0 Å². The standard InChI is InChI=1S/C20H32N2O3/c1-3-11-20(25,12-4-2)15-21-19(24)16-5-7-17(8-6-16)22-13-9-18(23)10-14-22/h5-8,18,23,25H,3-4,9-15H2,1-2H3,(H,21,24). The van der Waals surface area contributed by atoms with Crippen LogP contribution in [-0.4, -0.2) is 47.5 Å². The second kappa shape index (κ2) is 9.20. The average Bonchev–Trinajstić information content (AvgIpc) is 2.61. The van der Waals surface area contributed by atoms with E-state index in [1.165, 1.54) is 0 Å². The number of nitrogens with one attached hydrogen (secondary N) is 1. The maximum absolute atomic E-state index is 12.4. The molecule has 5 heteroatoms. The number of amides is 1. The maximum atomic E-state index is 12.4. The highest BCUT2D eigenvalue weighted by Crippen LogP contribution is 2.21. The third kappa shape index (κ3) is 5.72. The van der Waals surface area contributed by atoms with Crippen LogP contribution in [0.15, 0.2) is 24.3 Å². The van der Waals surface area contributed by atoms with Gasteiger partial charge in [-0.2, -0.15) is 0 Å². The number of carbonyl (C=O) groups excluding carboxylic acids is 1. The van der Waals surface area contributed by atoms with E-state index in [0.717, 1.165) is 44.5 Å². The molecule has 3 N–H and O–H groups in total. The van der Waals surface area contributed by atoms with Crippen molar-refractivity contribution in [2.75, 3.05) is 24.5 Å². The molecule has 5 nitrogen and oxygen atoms in total. The number of anilines is 1. The Morgan fingerprint density at radius 1 is 1.16 bits per heavy atom. The molecule has 0 unspecified atom stereocenters. The Morgan fingerprint density at radius 3 is 2.24 bits per heavy atom. The maximum Gasteiger partial charge on any atom is 0.251 e. The van der Waals surface area contributed by atoms with Gasteiger partial charge in [0.05, 0.1) is 11.7 Å². The highest BCUT2D eigenvalue weighted by molar-refractivity contribution is 5.94. The molecule has 0 spiro atoms. The largest absolute Gasteiger partial charge is 0.393 e. The molecule has 1 heterocycles. The summed E-state index contributed by atoms with van der Waals surface area (Å²) in [6.45, 7) is 6.06. The zero-order valence-corrected chi connectivity index (χ0v) is 15.5. The lowest BCUT2D eigenvalue weighted by Crippen LogP contribution is -2.42. The van der Waals surface area contributed by atoms with Crippen LogP contribution in [0.1, 0.15) is 62.7 Å². The van der Waals surface area contributed by atoms with E-state index in [4.69, 9.17) is 0 Å². The molecular formula is C20H32N2O3. The smallest absolute Gasteiger partial charge is 0.251 e. The molecule has 0 aliphatic carbocycles. The average molecular weight is 348 g/mol. The van der Waals surface area contributed by atoms with Crippen LogP contribution >= 0.6 is 0 Å². The number of hydrogen-bond donors (Lipinski definition) is 3. The summed E-state index contributed by atoms with van der Waals surface area (Å²) in [6, 6.07) is 7.57. The van der Waals surface area contributed by atoms with Crippen LogP contribution < -0.4 is 10.2 Å². The van der Waals surface area contributed by atoms with Crippen LogP contribution in [0.5, 0.6) is 0 Å². The molecule has 1 saturated heterocycles. The second-order valence-electron chi connectivity index (χ2n) is 7.17. The van der Waals surface area contributed by atoms with Crippen LogP contribution in [0.3, 0.4) is 0 Å². The fourth-order valence-corrected chi connectivity index (χ4v) is 3.53. The summed E-state index contributed by atoms with van der Waals surface area (Å²) >= 11 is 0. The third-order valence-electron chi connectivity index (χ3n) is 4.97. The monoisotopic (exact) mass is 348 g/mol. The molecule has 1 amide bonds. The van der Waals surface area contributed by atoms with Crippen molar-refractivity contribution in [2.45, 2.75) is 64.1 Å². The highest BCUT2D eigenvalue weighted by atomic mass is 16.3. The van der Waals surface area contributed by atoms with Crippen molar-refractivity contribution in [3.63, 3.8) is 0 Å². The number of carbonyl (C=O) groups is 1. The van der Waals surface area contributed by atoms with Crippen molar-refractivity contribution in [2.24, 2.45) is 0 Å². The van der Waals surface area contributed by atoms with Gasteiger partial charge in [-0.1, -0.05) is 26.7 Å². The summed E-state index contributed by atoms with van der Waals surface area (Å²) in [7, 11) is 0. The lowest BCUT2D eigenvalue weighted by molar-refractivity contribution is 0.0213. The molecule has 25 heavy (non-hydrogen) atoms. The fraction of sp³-hybridized carbons (Fsp3) is 0.650. The minimum atomic E-state index is -0.812. The summed E-state index contributed by atoms with van der Waals surface area (Å²) in [5, 5.41) is 23.1. The summed E-state index contributed by atoms with van der Waals surface area (Å²) in [5.41, 5.74) is 0.876. The molecule has 1 aliphatic rings. The lowest BCUT2D eigenvalue weighted by atomic mass is 9.92. The summed E-state index contributed by atoms with van der Waals surface area (Å²) < 4.78 is 0. The first-order valence-corrected chi connectivity index (χ1v) is 9.51. The molecule has 1 aliphatic heterocycles. The Kier molecular flexibility index (Phi) is 7.26. The van der Waals surface area contributed by atoms with Gasteiger partial charge in [0, 0.05) is 30.9 Å². The quantitative estimate of drug-likeness (QED) is 0.675. The molecular weight excluding hydrogens is 316 g/mol. The lowest BCUT2D eigenvalue weighted by Gasteiger charge is -2.31.